The summed E-state index contributed by atoms with van der Waals surface area (Å²) in [6.45, 7) is 2.61. The first-order valence-corrected chi connectivity index (χ1v) is 8.71. The van der Waals surface area contributed by atoms with E-state index in [1.54, 1.807) is 53.1 Å². The fourth-order valence-corrected chi connectivity index (χ4v) is 2.64. The van der Waals surface area contributed by atoms with Crippen molar-refractivity contribution >= 4 is 23.0 Å². The van der Waals surface area contributed by atoms with Crippen LogP contribution in [-0.4, -0.2) is 27.7 Å². The van der Waals surface area contributed by atoms with Crippen molar-refractivity contribution in [3.8, 4) is 6.07 Å². The average molecular weight is 361 g/mol. The number of imidazole rings is 1. The third-order valence-electron chi connectivity index (χ3n) is 4.05. The molecule has 0 spiro atoms. The van der Waals surface area contributed by atoms with E-state index in [4.69, 9.17) is 5.26 Å². The third kappa shape index (κ3) is 3.96. The molecular weight excluding hydrogens is 342 g/mol. The van der Waals surface area contributed by atoms with E-state index < -0.39 is 5.91 Å². The van der Waals surface area contributed by atoms with Crippen LogP contribution in [0.25, 0.3) is 5.52 Å². The van der Waals surface area contributed by atoms with Gasteiger partial charge in [-0.25, -0.2) is 4.98 Å². The molecule has 2 aromatic heterocycles. The van der Waals surface area contributed by atoms with Crippen LogP contribution in [0.2, 0.25) is 0 Å². The molecule has 2 heterocycles. The van der Waals surface area contributed by atoms with Gasteiger partial charge in [0, 0.05) is 18.4 Å². The standard InChI is InChI=1S/C20H19N5O2/c1-2-3-11-22-19(26)17-16-6-4-5-12-25(16)18(24-17)20(27)23-15-9-7-14(13-21)8-10-15/h4-10,12H,2-3,11H2,1H3,(H,22,26)(H,23,27). The maximum Gasteiger partial charge on any atom is 0.292 e. The van der Waals surface area contributed by atoms with Gasteiger partial charge in [0.2, 0.25) is 5.82 Å². The molecule has 1 aromatic carbocycles. The highest BCUT2D eigenvalue weighted by Crippen LogP contribution is 2.16. The molecule has 0 fully saturated rings. The van der Waals surface area contributed by atoms with Crippen LogP contribution in [-0.2, 0) is 0 Å². The molecule has 27 heavy (non-hydrogen) atoms. The molecule has 0 saturated heterocycles. The minimum absolute atomic E-state index is 0.121. The SMILES string of the molecule is CCCCNC(=O)c1nc(C(=O)Nc2ccc(C#N)cc2)n2ccccc12. The lowest BCUT2D eigenvalue weighted by Gasteiger charge is -2.04. The summed E-state index contributed by atoms with van der Waals surface area (Å²) in [7, 11) is 0. The van der Waals surface area contributed by atoms with E-state index in [2.05, 4.69) is 15.6 Å². The van der Waals surface area contributed by atoms with Crippen molar-refractivity contribution in [3.63, 3.8) is 0 Å². The maximum atomic E-state index is 12.7. The number of nitrogens with zero attached hydrogens (tertiary/aromatic N) is 3. The predicted molar refractivity (Wildman–Crippen MR) is 102 cm³/mol. The number of carbonyl (C=O) groups is 2. The lowest BCUT2D eigenvalue weighted by molar-refractivity contribution is 0.0950. The molecule has 2 amide bonds. The number of fused-ring (bicyclic) bond motifs is 1. The van der Waals surface area contributed by atoms with Crippen LogP contribution in [0.4, 0.5) is 5.69 Å². The highest BCUT2D eigenvalue weighted by Gasteiger charge is 2.21. The second-order valence-corrected chi connectivity index (χ2v) is 5.99. The summed E-state index contributed by atoms with van der Waals surface area (Å²) >= 11 is 0. The van der Waals surface area contributed by atoms with Gasteiger partial charge >= 0.3 is 0 Å². The Balaban J connectivity index is 1.88. The topological polar surface area (TPSA) is 99.3 Å². The van der Waals surface area contributed by atoms with Crippen molar-refractivity contribution in [2.45, 2.75) is 19.8 Å². The van der Waals surface area contributed by atoms with Gasteiger partial charge in [0.25, 0.3) is 11.8 Å². The first-order chi connectivity index (χ1) is 13.1. The molecule has 0 unspecified atom stereocenters. The number of nitrogens with one attached hydrogen (secondary N) is 2. The number of nitriles is 1. The smallest absolute Gasteiger partial charge is 0.292 e. The van der Waals surface area contributed by atoms with E-state index in [0.29, 0.717) is 23.3 Å². The zero-order valence-electron chi connectivity index (χ0n) is 14.9. The van der Waals surface area contributed by atoms with Crippen molar-refractivity contribution in [3.05, 3.63) is 65.7 Å². The molecule has 7 heteroatoms. The molecule has 7 nitrogen and oxygen atoms in total. The Morgan fingerprint density at radius 2 is 1.93 bits per heavy atom. The molecule has 0 radical (unpaired) electrons. The van der Waals surface area contributed by atoms with Crippen LogP contribution in [0.15, 0.2) is 48.7 Å². The second-order valence-electron chi connectivity index (χ2n) is 5.99. The Bertz CT molecular complexity index is 1020. The fourth-order valence-electron chi connectivity index (χ4n) is 2.64. The number of amides is 2. The normalized spacial score (nSPS) is 10.4. The molecule has 3 rings (SSSR count). The Morgan fingerprint density at radius 1 is 1.15 bits per heavy atom. The van der Waals surface area contributed by atoms with E-state index in [1.165, 1.54) is 0 Å². The highest BCUT2D eigenvalue weighted by atomic mass is 16.2. The van der Waals surface area contributed by atoms with Crippen molar-refractivity contribution < 1.29 is 9.59 Å². The largest absolute Gasteiger partial charge is 0.351 e. The lowest BCUT2D eigenvalue weighted by atomic mass is 10.2. The molecular formula is C20H19N5O2. The monoisotopic (exact) mass is 361 g/mol. The van der Waals surface area contributed by atoms with Crippen LogP contribution in [0.5, 0.6) is 0 Å². The Labute approximate surface area is 156 Å². The summed E-state index contributed by atoms with van der Waals surface area (Å²) < 4.78 is 1.59. The Kier molecular flexibility index (Phi) is 5.47. The maximum absolute atomic E-state index is 12.7. The Morgan fingerprint density at radius 3 is 2.63 bits per heavy atom. The number of hydrogen-bond acceptors (Lipinski definition) is 4. The zero-order chi connectivity index (χ0) is 19.2. The number of anilines is 1. The van der Waals surface area contributed by atoms with Crippen molar-refractivity contribution in [2.24, 2.45) is 0 Å². The van der Waals surface area contributed by atoms with Crippen LogP contribution in [0.3, 0.4) is 0 Å². The van der Waals surface area contributed by atoms with Gasteiger partial charge in [0.05, 0.1) is 17.1 Å². The van der Waals surface area contributed by atoms with Crippen LogP contribution in [0, 0.1) is 11.3 Å². The van der Waals surface area contributed by atoms with Gasteiger partial charge in [-0.1, -0.05) is 19.4 Å². The molecule has 136 valence electrons. The second kappa shape index (κ2) is 8.15. The molecule has 0 saturated carbocycles. The van der Waals surface area contributed by atoms with E-state index in [1.807, 2.05) is 13.0 Å². The molecule has 0 aliphatic heterocycles. The van der Waals surface area contributed by atoms with Gasteiger partial charge in [-0.3, -0.25) is 14.0 Å². The molecule has 2 N–H and O–H groups in total. The fraction of sp³-hybridized carbons (Fsp3) is 0.200. The van der Waals surface area contributed by atoms with Crippen molar-refractivity contribution in [2.75, 3.05) is 11.9 Å². The van der Waals surface area contributed by atoms with E-state index in [9.17, 15) is 9.59 Å². The number of pyridine rings is 1. The van der Waals surface area contributed by atoms with E-state index in [-0.39, 0.29) is 17.4 Å². The van der Waals surface area contributed by atoms with Gasteiger partial charge in [0.1, 0.15) is 0 Å². The van der Waals surface area contributed by atoms with Crippen LogP contribution in [0.1, 0.15) is 46.4 Å². The minimum Gasteiger partial charge on any atom is -0.351 e. The lowest BCUT2D eigenvalue weighted by Crippen LogP contribution is -2.25. The summed E-state index contributed by atoms with van der Waals surface area (Å²) in [5, 5.41) is 14.4. The summed E-state index contributed by atoms with van der Waals surface area (Å²) in [5.41, 5.74) is 1.83. The molecule has 0 aliphatic carbocycles. The third-order valence-corrected chi connectivity index (χ3v) is 4.05. The van der Waals surface area contributed by atoms with E-state index in [0.717, 1.165) is 12.8 Å². The molecule has 0 aliphatic rings. The van der Waals surface area contributed by atoms with Crippen LogP contribution >= 0.6 is 0 Å². The van der Waals surface area contributed by atoms with Crippen molar-refractivity contribution in [1.82, 2.24) is 14.7 Å². The Hall–Kier alpha value is -3.66. The number of benzene rings is 1. The molecule has 0 atom stereocenters. The van der Waals surface area contributed by atoms with Gasteiger partial charge in [-0.05, 0) is 42.8 Å². The van der Waals surface area contributed by atoms with Gasteiger partial charge in [-0.2, -0.15) is 5.26 Å². The summed E-state index contributed by atoms with van der Waals surface area (Å²) in [5.74, 6) is -0.617. The number of hydrogen-bond donors (Lipinski definition) is 2. The number of rotatable bonds is 6. The van der Waals surface area contributed by atoms with Crippen LogP contribution < -0.4 is 10.6 Å². The van der Waals surface area contributed by atoms with Gasteiger partial charge in [0.15, 0.2) is 5.69 Å². The first kappa shape index (κ1) is 18.1. The average Bonchev–Trinajstić information content (AvgIpc) is 3.09. The van der Waals surface area contributed by atoms with Gasteiger partial charge < -0.3 is 10.6 Å². The summed E-state index contributed by atoms with van der Waals surface area (Å²) in [6, 6.07) is 13.9. The molecule has 0 bridgehead atoms. The number of unbranched alkanes of at least 4 members (excludes halogenated alkanes) is 1. The zero-order valence-corrected chi connectivity index (χ0v) is 14.9. The first-order valence-electron chi connectivity index (χ1n) is 8.71. The predicted octanol–water partition coefficient (Wildman–Crippen LogP) is 2.99. The minimum atomic E-state index is -0.437. The highest BCUT2D eigenvalue weighted by molar-refractivity contribution is 6.06. The number of carbonyl (C=O) groups excluding carboxylic acids is 2. The summed E-state index contributed by atoms with van der Waals surface area (Å²) in [4.78, 5) is 29.4. The molecule has 3 aromatic rings. The quantitative estimate of drug-likeness (QED) is 0.659. The summed E-state index contributed by atoms with van der Waals surface area (Å²) in [6.07, 6.45) is 3.55. The number of aromatic nitrogens is 2. The van der Waals surface area contributed by atoms with E-state index >= 15 is 0 Å². The van der Waals surface area contributed by atoms with Gasteiger partial charge in [-0.15, -0.1) is 0 Å². The van der Waals surface area contributed by atoms with Crippen molar-refractivity contribution in [1.29, 1.82) is 5.26 Å².